The molecule has 2 aromatic rings. The van der Waals surface area contributed by atoms with Gasteiger partial charge in [0.2, 0.25) is 0 Å². The molecule has 4 nitrogen and oxygen atoms in total. The number of halogens is 3. The van der Waals surface area contributed by atoms with Crippen LogP contribution in [0.2, 0.25) is 5.02 Å². The largest absolute Gasteiger partial charge is 0.271 e. The highest BCUT2D eigenvalue weighted by atomic mass is 127. The van der Waals surface area contributed by atoms with E-state index in [0.717, 1.165) is 27.8 Å². The van der Waals surface area contributed by atoms with E-state index >= 15 is 0 Å². The fourth-order valence-corrected chi connectivity index (χ4v) is 3.14. The summed E-state index contributed by atoms with van der Waals surface area (Å²) in [6, 6.07) is 4.26. The predicted octanol–water partition coefficient (Wildman–Crippen LogP) is 3.24. The molecule has 1 heterocycles. The number of hydrogen-bond donors (Lipinski definition) is 2. The summed E-state index contributed by atoms with van der Waals surface area (Å²) < 4.78 is 15.8. The second-order valence-corrected chi connectivity index (χ2v) is 5.94. The molecule has 20 heavy (non-hydrogen) atoms. The van der Waals surface area contributed by atoms with Crippen molar-refractivity contribution in [2.24, 2.45) is 5.84 Å². The standard InChI is InChI=1S/C13H15ClFIN4/c1-2-5-20-13(10(14)7-18-20)12(19-17)9-4-3-8(15)6-11(9)16/h3-4,6-7,12,19H,2,5,17H2,1H3. The highest BCUT2D eigenvalue weighted by molar-refractivity contribution is 14.1. The highest BCUT2D eigenvalue weighted by Crippen LogP contribution is 2.30. The molecule has 0 radical (unpaired) electrons. The lowest BCUT2D eigenvalue weighted by molar-refractivity contribution is 0.519. The highest BCUT2D eigenvalue weighted by Gasteiger charge is 2.23. The number of aromatic nitrogens is 2. The van der Waals surface area contributed by atoms with Crippen molar-refractivity contribution >= 4 is 34.2 Å². The van der Waals surface area contributed by atoms with E-state index in [1.165, 1.54) is 12.1 Å². The number of hydrazine groups is 1. The summed E-state index contributed by atoms with van der Waals surface area (Å²) in [6.45, 7) is 2.81. The van der Waals surface area contributed by atoms with Gasteiger partial charge in [-0.2, -0.15) is 5.10 Å². The SMILES string of the molecule is CCCn1ncc(Cl)c1C(NN)c1ccc(F)cc1I. The lowest BCUT2D eigenvalue weighted by Gasteiger charge is -2.20. The lowest BCUT2D eigenvalue weighted by atomic mass is 10.0. The van der Waals surface area contributed by atoms with Gasteiger partial charge in [-0.15, -0.1) is 0 Å². The Balaban J connectivity index is 2.49. The molecule has 7 heteroatoms. The summed E-state index contributed by atoms with van der Waals surface area (Å²) in [4.78, 5) is 0. The second-order valence-electron chi connectivity index (χ2n) is 4.37. The molecule has 0 fully saturated rings. The number of nitrogens with zero attached hydrogens (tertiary/aromatic N) is 2. The molecule has 3 N–H and O–H groups in total. The Morgan fingerprint density at radius 2 is 2.30 bits per heavy atom. The summed E-state index contributed by atoms with van der Waals surface area (Å²) in [5.41, 5.74) is 4.41. The first-order valence-electron chi connectivity index (χ1n) is 6.20. The van der Waals surface area contributed by atoms with Gasteiger partial charge in [0, 0.05) is 10.1 Å². The number of nitrogens with two attached hydrogens (primary N) is 1. The second kappa shape index (κ2) is 6.84. The van der Waals surface area contributed by atoms with E-state index in [1.54, 1.807) is 12.3 Å². The van der Waals surface area contributed by atoms with E-state index in [9.17, 15) is 4.39 Å². The van der Waals surface area contributed by atoms with Crippen molar-refractivity contribution in [1.82, 2.24) is 15.2 Å². The Kier molecular flexibility index (Phi) is 5.36. The fourth-order valence-electron chi connectivity index (χ4n) is 2.10. The van der Waals surface area contributed by atoms with Crippen molar-refractivity contribution in [2.75, 3.05) is 0 Å². The van der Waals surface area contributed by atoms with Crippen LogP contribution in [0.3, 0.4) is 0 Å². The first-order valence-corrected chi connectivity index (χ1v) is 7.66. The van der Waals surface area contributed by atoms with Crippen LogP contribution in [-0.4, -0.2) is 9.78 Å². The van der Waals surface area contributed by atoms with Gasteiger partial charge in [-0.05, 0) is 46.7 Å². The third-order valence-corrected chi connectivity index (χ3v) is 4.21. The van der Waals surface area contributed by atoms with Crippen LogP contribution in [0, 0.1) is 9.39 Å². The monoisotopic (exact) mass is 408 g/mol. The van der Waals surface area contributed by atoms with Gasteiger partial charge in [0.25, 0.3) is 0 Å². The van der Waals surface area contributed by atoms with Crippen LogP contribution in [0.4, 0.5) is 4.39 Å². The molecule has 0 aliphatic rings. The first-order chi connectivity index (χ1) is 9.58. The lowest BCUT2D eigenvalue weighted by Crippen LogP contribution is -2.31. The number of hydrogen-bond acceptors (Lipinski definition) is 3. The molecule has 0 bridgehead atoms. The maximum Gasteiger partial charge on any atom is 0.124 e. The van der Waals surface area contributed by atoms with Crippen molar-refractivity contribution in [1.29, 1.82) is 0 Å². The van der Waals surface area contributed by atoms with Crippen LogP contribution < -0.4 is 11.3 Å². The van der Waals surface area contributed by atoms with Crippen molar-refractivity contribution in [3.63, 3.8) is 0 Å². The fraction of sp³-hybridized carbons (Fsp3) is 0.308. The molecule has 0 amide bonds. The van der Waals surface area contributed by atoms with E-state index in [0.29, 0.717) is 5.02 Å². The zero-order valence-electron chi connectivity index (χ0n) is 10.9. The molecular formula is C13H15ClFIN4. The van der Waals surface area contributed by atoms with Crippen molar-refractivity contribution < 1.29 is 4.39 Å². The van der Waals surface area contributed by atoms with Crippen LogP contribution in [0.5, 0.6) is 0 Å². The molecule has 0 saturated heterocycles. The zero-order chi connectivity index (χ0) is 14.7. The Labute approximate surface area is 135 Å². The minimum absolute atomic E-state index is 0.276. The number of nitrogens with one attached hydrogen (secondary N) is 1. The summed E-state index contributed by atoms with van der Waals surface area (Å²) in [6.07, 6.45) is 2.54. The molecule has 0 spiro atoms. The van der Waals surface area contributed by atoms with Crippen LogP contribution >= 0.6 is 34.2 Å². The van der Waals surface area contributed by atoms with Gasteiger partial charge in [-0.3, -0.25) is 10.5 Å². The van der Waals surface area contributed by atoms with E-state index in [2.05, 4.69) is 40.0 Å². The van der Waals surface area contributed by atoms with Gasteiger partial charge in [0.15, 0.2) is 0 Å². The molecule has 0 aliphatic carbocycles. The normalized spacial score (nSPS) is 12.7. The van der Waals surface area contributed by atoms with Crippen molar-refractivity contribution in [3.8, 4) is 0 Å². The van der Waals surface area contributed by atoms with Crippen LogP contribution in [0.25, 0.3) is 0 Å². The van der Waals surface area contributed by atoms with E-state index in [1.807, 2.05) is 4.68 Å². The van der Waals surface area contributed by atoms with E-state index in [-0.39, 0.29) is 11.9 Å². The maximum absolute atomic E-state index is 13.2. The van der Waals surface area contributed by atoms with E-state index < -0.39 is 0 Å². The molecule has 0 aliphatic heterocycles. The number of benzene rings is 1. The smallest absolute Gasteiger partial charge is 0.124 e. The average molecular weight is 409 g/mol. The molecular weight excluding hydrogens is 394 g/mol. The number of rotatable bonds is 5. The molecule has 1 atom stereocenters. The summed E-state index contributed by atoms with van der Waals surface area (Å²) in [5, 5.41) is 4.80. The maximum atomic E-state index is 13.2. The van der Waals surface area contributed by atoms with Crippen LogP contribution in [0.1, 0.15) is 30.6 Å². The van der Waals surface area contributed by atoms with Gasteiger partial charge in [0.1, 0.15) is 5.82 Å². The van der Waals surface area contributed by atoms with Crippen LogP contribution in [-0.2, 0) is 6.54 Å². The van der Waals surface area contributed by atoms with E-state index in [4.69, 9.17) is 17.4 Å². The third-order valence-electron chi connectivity index (χ3n) is 2.98. The minimum atomic E-state index is -0.330. The Morgan fingerprint density at radius 3 is 2.90 bits per heavy atom. The van der Waals surface area contributed by atoms with Gasteiger partial charge < -0.3 is 0 Å². The summed E-state index contributed by atoms with van der Waals surface area (Å²) >= 11 is 8.32. The molecule has 108 valence electrons. The molecule has 0 saturated carbocycles. The predicted molar refractivity (Wildman–Crippen MR) is 85.8 cm³/mol. The molecule has 1 unspecified atom stereocenters. The Morgan fingerprint density at radius 1 is 1.55 bits per heavy atom. The Hall–Kier alpha value is -0.700. The first kappa shape index (κ1) is 15.7. The van der Waals surface area contributed by atoms with Gasteiger partial charge in [0.05, 0.1) is 23.0 Å². The average Bonchev–Trinajstić information content (AvgIpc) is 2.75. The zero-order valence-corrected chi connectivity index (χ0v) is 13.8. The molecule has 1 aromatic heterocycles. The third kappa shape index (κ3) is 3.13. The molecule has 2 rings (SSSR count). The minimum Gasteiger partial charge on any atom is -0.271 e. The van der Waals surface area contributed by atoms with Gasteiger partial charge in [-0.1, -0.05) is 24.6 Å². The topological polar surface area (TPSA) is 55.9 Å². The van der Waals surface area contributed by atoms with Crippen molar-refractivity contribution in [3.05, 3.63) is 50.1 Å². The Bertz CT molecular complexity index is 602. The molecule has 1 aromatic carbocycles. The summed E-state index contributed by atoms with van der Waals surface area (Å²) in [5.74, 6) is 5.41. The number of aryl methyl sites for hydroxylation is 1. The van der Waals surface area contributed by atoms with Crippen molar-refractivity contribution in [2.45, 2.75) is 25.9 Å². The van der Waals surface area contributed by atoms with Gasteiger partial charge >= 0.3 is 0 Å². The van der Waals surface area contributed by atoms with Gasteiger partial charge in [-0.25, -0.2) is 9.82 Å². The summed E-state index contributed by atoms with van der Waals surface area (Å²) in [7, 11) is 0. The van der Waals surface area contributed by atoms with Crippen LogP contribution in [0.15, 0.2) is 24.4 Å². The quantitative estimate of drug-likeness (QED) is 0.454.